The molecule has 1 aliphatic rings. The number of imidazole rings is 1. The van der Waals surface area contributed by atoms with Gasteiger partial charge in [0.1, 0.15) is 30.2 Å². The highest BCUT2D eigenvalue weighted by Crippen LogP contribution is 2.32. The molecule has 5 rings (SSSR count). The molecule has 6 unspecified atom stereocenters. The maximum absolute atomic E-state index is 12.5. The smallest absolute Gasteiger partial charge is 0.256 e. The quantitative estimate of drug-likeness (QED) is 0.123. The number of hydrogen-bond donors (Lipinski definition) is 9. The Morgan fingerprint density at radius 3 is 2.66 bits per heavy atom. The molecule has 16 nitrogen and oxygen atoms in total. The molecular formula is C22H24N8O8. The van der Waals surface area contributed by atoms with E-state index in [1.807, 2.05) is 0 Å². The molecule has 16 heteroatoms. The number of H-pyrrole nitrogens is 1. The Hall–Kier alpha value is -4.35. The van der Waals surface area contributed by atoms with Gasteiger partial charge in [0.05, 0.1) is 12.0 Å². The molecule has 0 saturated carbocycles. The van der Waals surface area contributed by atoms with Crippen molar-refractivity contribution in [1.82, 2.24) is 29.8 Å². The summed E-state index contributed by atoms with van der Waals surface area (Å²) in [7, 11) is 0. The SMILES string of the molecule is Nc1ncnc2c1ncn2C1OC(CNC(=O)C(O)C(O)C(=O)Nc2cccc3c(O)[nH]cc23)C(O)C1O. The largest absolute Gasteiger partial charge is 0.494 e. The maximum atomic E-state index is 12.5. The van der Waals surface area contributed by atoms with Gasteiger partial charge in [0.2, 0.25) is 0 Å². The van der Waals surface area contributed by atoms with Crippen LogP contribution in [0.15, 0.2) is 37.1 Å². The van der Waals surface area contributed by atoms with E-state index in [-0.39, 0.29) is 35.1 Å². The molecule has 4 heterocycles. The zero-order valence-electron chi connectivity index (χ0n) is 19.5. The molecular weight excluding hydrogens is 504 g/mol. The number of nitrogens with two attached hydrogens (primary N) is 1. The fraction of sp³-hybridized carbons (Fsp3) is 0.318. The number of aliphatic hydroxyl groups excluding tert-OH is 4. The maximum Gasteiger partial charge on any atom is 0.256 e. The second-order valence-electron chi connectivity index (χ2n) is 8.66. The van der Waals surface area contributed by atoms with Crippen molar-refractivity contribution in [3.8, 4) is 5.88 Å². The lowest BCUT2D eigenvalue weighted by Gasteiger charge is -2.20. The highest BCUT2D eigenvalue weighted by atomic mass is 16.6. The van der Waals surface area contributed by atoms with Crippen LogP contribution in [-0.4, -0.2) is 98.9 Å². The van der Waals surface area contributed by atoms with E-state index in [9.17, 15) is 35.1 Å². The summed E-state index contributed by atoms with van der Waals surface area (Å²) in [5, 5.41) is 56.8. The number of aromatic nitrogens is 5. The second-order valence-corrected chi connectivity index (χ2v) is 8.66. The number of fused-ring (bicyclic) bond motifs is 2. The number of nitrogens with one attached hydrogen (secondary N) is 3. The van der Waals surface area contributed by atoms with E-state index in [0.717, 1.165) is 0 Å². The predicted molar refractivity (Wildman–Crippen MR) is 129 cm³/mol. The van der Waals surface area contributed by atoms with Crippen LogP contribution in [-0.2, 0) is 14.3 Å². The van der Waals surface area contributed by atoms with Crippen LogP contribution in [0.2, 0.25) is 0 Å². The first kappa shape index (κ1) is 25.3. The molecule has 4 aromatic rings. The van der Waals surface area contributed by atoms with E-state index in [1.54, 1.807) is 12.1 Å². The van der Waals surface area contributed by atoms with Crippen molar-refractivity contribution < 1.29 is 39.9 Å². The van der Waals surface area contributed by atoms with Gasteiger partial charge in [-0.15, -0.1) is 0 Å². The van der Waals surface area contributed by atoms with Crippen molar-refractivity contribution >= 4 is 45.3 Å². The summed E-state index contributed by atoms with van der Waals surface area (Å²) in [5.41, 5.74) is 6.53. The number of nitrogen functional groups attached to an aromatic ring is 1. The third-order valence-electron chi connectivity index (χ3n) is 6.28. The average molecular weight is 528 g/mol. The van der Waals surface area contributed by atoms with Crippen molar-refractivity contribution in [1.29, 1.82) is 0 Å². The van der Waals surface area contributed by atoms with Crippen LogP contribution < -0.4 is 16.4 Å². The van der Waals surface area contributed by atoms with E-state index in [0.29, 0.717) is 10.8 Å². The van der Waals surface area contributed by atoms with Crippen LogP contribution in [0.4, 0.5) is 11.5 Å². The average Bonchev–Trinajstić information content (AvgIpc) is 3.59. The molecule has 0 radical (unpaired) electrons. The summed E-state index contributed by atoms with van der Waals surface area (Å²) < 4.78 is 7.06. The molecule has 10 N–H and O–H groups in total. The van der Waals surface area contributed by atoms with Gasteiger partial charge in [-0.25, -0.2) is 15.0 Å². The van der Waals surface area contributed by atoms with Crippen LogP contribution in [0.3, 0.4) is 0 Å². The molecule has 1 saturated heterocycles. The Kier molecular flexibility index (Phi) is 6.55. The van der Waals surface area contributed by atoms with Crippen molar-refractivity contribution in [3.05, 3.63) is 37.1 Å². The minimum atomic E-state index is -2.16. The second kappa shape index (κ2) is 9.84. The number of anilines is 2. The lowest BCUT2D eigenvalue weighted by molar-refractivity contribution is -0.143. The van der Waals surface area contributed by atoms with E-state index >= 15 is 0 Å². The Morgan fingerprint density at radius 1 is 1.11 bits per heavy atom. The Morgan fingerprint density at radius 2 is 1.87 bits per heavy atom. The minimum Gasteiger partial charge on any atom is -0.494 e. The summed E-state index contributed by atoms with van der Waals surface area (Å²) in [6, 6.07) is 4.68. The monoisotopic (exact) mass is 528 g/mol. The van der Waals surface area contributed by atoms with Crippen molar-refractivity contribution in [2.24, 2.45) is 0 Å². The first-order valence-electron chi connectivity index (χ1n) is 11.4. The van der Waals surface area contributed by atoms with E-state index in [1.165, 1.54) is 29.5 Å². The number of benzene rings is 1. The molecule has 1 aliphatic heterocycles. The molecule has 0 aliphatic carbocycles. The number of carbonyl (C=O) groups excluding carboxylic acids is 2. The van der Waals surface area contributed by atoms with Crippen LogP contribution in [0, 0.1) is 0 Å². The number of amides is 2. The normalized spacial score (nSPS) is 22.9. The van der Waals surface area contributed by atoms with Gasteiger partial charge in [0, 0.05) is 23.5 Å². The summed E-state index contributed by atoms with van der Waals surface area (Å²) in [6.07, 6.45) is -5.46. The third kappa shape index (κ3) is 4.35. The molecule has 0 bridgehead atoms. The Bertz CT molecular complexity index is 1510. The van der Waals surface area contributed by atoms with Crippen LogP contribution in [0.25, 0.3) is 21.9 Å². The number of nitrogens with zero attached hydrogens (tertiary/aromatic N) is 4. The molecule has 200 valence electrons. The van der Waals surface area contributed by atoms with Gasteiger partial charge in [-0.2, -0.15) is 0 Å². The lowest BCUT2D eigenvalue weighted by atomic mass is 10.1. The van der Waals surface area contributed by atoms with Gasteiger partial charge in [0.25, 0.3) is 11.8 Å². The first-order chi connectivity index (χ1) is 18.2. The molecule has 2 amide bonds. The molecule has 3 aromatic heterocycles. The Balaban J connectivity index is 1.20. The third-order valence-corrected chi connectivity index (χ3v) is 6.28. The molecule has 38 heavy (non-hydrogen) atoms. The predicted octanol–water partition coefficient (Wildman–Crippen LogP) is -2.31. The zero-order chi connectivity index (χ0) is 27.1. The minimum absolute atomic E-state index is 0.113. The lowest BCUT2D eigenvalue weighted by Crippen LogP contribution is -2.50. The fourth-order valence-corrected chi connectivity index (χ4v) is 4.24. The van der Waals surface area contributed by atoms with E-state index in [2.05, 4.69) is 30.6 Å². The van der Waals surface area contributed by atoms with Gasteiger partial charge in [-0.3, -0.25) is 14.2 Å². The molecule has 1 fully saturated rings. The summed E-state index contributed by atoms with van der Waals surface area (Å²) in [5.74, 6) is -2.18. The molecule has 6 atom stereocenters. The van der Waals surface area contributed by atoms with Gasteiger partial charge >= 0.3 is 0 Å². The molecule has 0 spiro atoms. The fourth-order valence-electron chi connectivity index (χ4n) is 4.24. The van der Waals surface area contributed by atoms with E-state index in [4.69, 9.17) is 10.5 Å². The first-order valence-corrected chi connectivity index (χ1v) is 11.4. The van der Waals surface area contributed by atoms with Crippen molar-refractivity contribution in [2.75, 3.05) is 17.6 Å². The molecule has 1 aromatic carbocycles. The Labute approximate surface area is 212 Å². The highest BCUT2D eigenvalue weighted by Gasteiger charge is 2.44. The summed E-state index contributed by atoms with van der Waals surface area (Å²) >= 11 is 0. The van der Waals surface area contributed by atoms with Crippen molar-refractivity contribution in [2.45, 2.75) is 36.7 Å². The number of rotatable bonds is 7. The van der Waals surface area contributed by atoms with Gasteiger partial charge in [-0.05, 0) is 12.1 Å². The zero-order valence-corrected chi connectivity index (χ0v) is 19.5. The number of carbonyl (C=O) groups is 2. The highest BCUT2D eigenvalue weighted by molar-refractivity contribution is 6.06. The number of aliphatic hydroxyl groups is 4. The van der Waals surface area contributed by atoms with E-state index < -0.39 is 48.6 Å². The van der Waals surface area contributed by atoms with Gasteiger partial charge < -0.3 is 51.6 Å². The summed E-state index contributed by atoms with van der Waals surface area (Å²) in [6.45, 7) is -0.370. The summed E-state index contributed by atoms with van der Waals surface area (Å²) in [4.78, 5) is 39.5. The number of aromatic amines is 1. The van der Waals surface area contributed by atoms with Gasteiger partial charge in [0.15, 0.2) is 35.8 Å². The van der Waals surface area contributed by atoms with Crippen LogP contribution >= 0.6 is 0 Å². The van der Waals surface area contributed by atoms with Crippen molar-refractivity contribution in [3.63, 3.8) is 0 Å². The standard InChI is InChI=1S/C22H24N8O8/c23-17-12-18(27-6-26-17)30(7-28-12)22-16(34)13(31)11(38-22)5-25-20(36)14(32)15(33)21(37)29-10-3-1-2-8-9(10)4-24-19(8)35/h1-4,6-7,11,13-16,22,24,31-35H,5H2,(H,25,36)(H,29,37)(H2,23,26,27). The van der Waals surface area contributed by atoms with Crippen LogP contribution in [0.1, 0.15) is 6.23 Å². The number of aromatic hydroxyl groups is 1. The van der Waals surface area contributed by atoms with Crippen LogP contribution in [0.5, 0.6) is 5.88 Å². The number of hydrogen-bond acceptors (Lipinski definition) is 12. The van der Waals surface area contributed by atoms with Gasteiger partial charge in [-0.1, -0.05) is 6.07 Å². The number of ether oxygens (including phenoxy) is 1. The topological polar surface area (TPSA) is 254 Å².